The van der Waals surface area contributed by atoms with Gasteiger partial charge in [0.05, 0.1) is 0 Å². The minimum Gasteiger partial charge on any atom is -0.310 e. The SMILES string of the molecule is CCNC(CCCS(C)(=O)=O)c1ccncc1. The fraction of sp³-hybridized carbons (Fsp3) is 0.583. The molecule has 17 heavy (non-hydrogen) atoms. The van der Waals surface area contributed by atoms with Gasteiger partial charge >= 0.3 is 0 Å². The van der Waals surface area contributed by atoms with Gasteiger partial charge in [-0.1, -0.05) is 6.92 Å². The number of aromatic nitrogens is 1. The number of pyridine rings is 1. The van der Waals surface area contributed by atoms with E-state index in [0.29, 0.717) is 6.42 Å². The van der Waals surface area contributed by atoms with Gasteiger partial charge in [-0.15, -0.1) is 0 Å². The van der Waals surface area contributed by atoms with Gasteiger partial charge in [-0.25, -0.2) is 8.42 Å². The van der Waals surface area contributed by atoms with Gasteiger partial charge in [0.1, 0.15) is 9.84 Å². The van der Waals surface area contributed by atoms with E-state index in [1.807, 2.05) is 19.1 Å². The predicted molar refractivity (Wildman–Crippen MR) is 69.6 cm³/mol. The first-order chi connectivity index (χ1) is 8.03. The summed E-state index contributed by atoms with van der Waals surface area (Å²) in [6.07, 6.45) is 6.30. The van der Waals surface area contributed by atoms with Crippen molar-refractivity contribution in [2.45, 2.75) is 25.8 Å². The summed E-state index contributed by atoms with van der Waals surface area (Å²) in [4.78, 5) is 3.98. The maximum atomic E-state index is 11.1. The predicted octanol–water partition coefficient (Wildman–Crippen LogP) is 1.56. The molecule has 0 saturated carbocycles. The Morgan fingerprint density at radius 2 is 2.00 bits per heavy atom. The highest BCUT2D eigenvalue weighted by atomic mass is 32.2. The molecule has 4 nitrogen and oxygen atoms in total. The minimum absolute atomic E-state index is 0.213. The first-order valence-corrected chi connectivity index (χ1v) is 7.90. The van der Waals surface area contributed by atoms with Crippen LogP contribution >= 0.6 is 0 Å². The molecule has 1 atom stereocenters. The van der Waals surface area contributed by atoms with Crippen LogP contribution < -0.4 is 5.32 Å². The maximum absolute atomic E-state index is 11.1. The van der Waals surface area contributed by atoms with Gasteiger partial charge in [0.2, 0.25) is 0 Å². The molecular weight excluding hydrogens is 236 g/mol. The van der Waals surface area contributed by atoms with Gasteiger partial charge in [0, 0.05) is 30.4 Å². The van der Waals surface area contributed by atoms with E-state index in [-0.39, 0.29) is 11.8 Å². The Hall–Kier alpha value is -0.940. The van der Waals surface area contributed by atoms with Crippen molar-refractivity contribution in [1.29, 1.82) is 0 Å². The molecule has 1 unspecified atom stereocenters. The van der Waals surface area contributed by atoms with Gasteiger partial charge in [0.25, 0.3) is 0 Å². The highest BCUT2D eigenvalue weighted by Crippen LogP contribution is 2.17. The molecule has 0 aliphatic carbocycles. The molecule has 0 amide bonds. The molecule has 1 rings (SSSR count). The van der Waals surface area contributed by atoms with Gasteiger partial charge in [-0.3, -0.25) is 4.98 Å². The quantitative estimate of drug-likeness (QED) is 0.804. The third kappa shape index (κ3) is 5.79. The van der Waals surface area contributed by atoms with Gasteiger partial charge in [0.15, 0.2) is 0 Å². The second kappa shape index (κ2) is 6.71. The van der Waals surface area contributed by atoms with Crippen LogP contribution in [0.5, 0.6) is 0 Å². The van der Waals surface area contributed by atoms with Crippen LogP contribution in [0, 0.1) is 0 Å². The lowest BCUT2D eigenvalue weighted by molar-refractivity contribution is 0.506. The summed E-state index contributed by atoms with van der Waals surface area (Å²) in [7, 11) is -2.86. The topological polar surface area (TPSA) is 59.1 Å². The molecule has 0 fully saturated rings. The molecule has 1 aromatic heterocycles. The highest BCUT2D eigenvalue weighted by molar-refractivity contribution is 7.90. The number of sulfone groups is 1. The van der Waals surface area contributed by atoms with Crippen LogP contribution in [0.15, 0.2) is 24.5 Å². The van der Waals surface area contributed by atoms with Crippen molar-refractivity contribution in [2.75, 3.05) is 18.6 Å². The number of nitrogens with zero attached hydrogens (tertiary/aromatic N) is 1. The van der Waals surface area contributed by atoms with Gasteiger partial charge in [-0.2, -0.15) is 0 Å². The van der Waals surface area contributed by atoms with Crippen LogP contribution in [-0.4, -0.2) is 32.0 Å². The van der Waals surface area contributed by atoms with E-state index in [4.69, 9.17) is 0 Å². The lowest BCUT2D eigenvalue weighted by atomic mass is 10.0. The number of nitrogens with one attached hydrogen (secondary N) is 1. The Kier molecular flexibility index (Phi) is 5.58. The zero-order chi connectivity index (χ0) is 12.7. The normalized spacial score (nSPS) is 13.5. The number of hydrogen-bond donors (Lipinski definition) is 1. The summed E-state index contributed by atoms with van der Waals surface area (Å²) in [5, 5.41) is 3.36. The molecule has 96 valence electrons. The Morgan fingerprint density at radius 3 is 2.53 bits per heavy atom. The van der Waals surface area contributed by atoms with Gasteiger partial charge < -0.3 is 5.32 Å². The van der Waals surface area contributed by atoms with Crippen molar-refractivity contribution in [3.05, 3.63) is 30.1 Å². The number of rotatable bonds is 7. The van der Waals surface area contributed by atoms with E-state index in [1.165, 1.54) is 6.26 Å². The first kappa shape index (κ1) is 14.1. The molecule has 5 heteroatoms. The van der Waals surface area contributed by atoms with Crippen molar-refractivity contribution in [3.63, 3.8) is 0 Å². The van der Waals surface area contributed by atoms with E-state index < -0.39 is 9.84 Å². The standard InChI is InChI=1S/C12H20N2O2S/c1-3-14-12(5-4-10-17(2,15)16)11-6-8-13-9-7-11/h6-9,12,14H,3-5,10H2,1-2H3. The van der Waals surface area contributed by atoms with Crippen molar-refractivity contribution in [1.82, 2.24) is 10.3 Å². The van der Waals surface area contributed by atoms with Gasteiger partial charge in [-0.05, 0) is 37.1 Å². The molecule has 1 aromatic rings. The summed E-state index contributed by atoms with van der Waals surface area (Å²) >= 11 is 0. The van der Waals surface area contributed by atoms with Crippen molar-refractivity contribution in [2.24, 2.45) is 0 Å². The lowest BCUT2D eigenvalue weighted by Crippen LogP contribution is -2.21. The average Bonchev–Trinajstić information content (AvgIpc) is 2.27. The molecule has 0 aliphatic heterocycles. The van der Waals surface area contributed by atoms with Crippen LogP contribution in [0.2, 0.25) is 0 Å². The Balaban J connectivity index is 2.56. The summed E-state index contributed by atoms with van der Waals surface area (Å²) in [5.41, 5.74) is 1.16. The zero-order valence-electron chi connectivity index (χ0n) is 10.4. The van der Waals surface area contributed by atoms with E-state index in [9.17, 15) is 8.42 Å². The molecule has 0 saturated heterocycles. The van der Waals surface area contributed by atoms with Crippen LogP contribution in [0.4, 0.5) is 0 Å². The minimum atomic E-state index is -2.86. The monoisotopic (exact) mass is 256 g/mol. The summed E-state index contributed by atoms with van der Waals surface area (Å²) in [6, 6.07) is 4.14. The van der Waals surface area contributed by atoms with E-state index in [1.54, 1.807) is 12.4 Å². The summed E-state index contributed by atoms with van der Waals surface area (Å²) < 4.78 is 22.2. The molecule has 0 bridgehead atoms. The Bertz CT molecular complexity index is 417. The summed E-state index contributed by atoms with van der Waals surface area (Å²) in [5.74, 6) is 0.250. The van der Waals surface area contributed by atoms with E-state index in [2.05, 4.69) is 10.3 Å². The molecule has 0 radical (unpaired) electrons. The van der Waals surface area contributed by atoms with Crippen molar-refractivity contribution >= 4 is 9.84 Å². The Labute approximate surface area is 103 Å². The largest absolute Gasteiger partial charge is 0.310 e. The third-order valence-corrected chi connectivity index (χ3v) is 3.60. The molecule has 0 spiro atoms. The van der Waals surface area contributed by atoms with E-state index in [0.717, 1.165) is 18.5 Å². The van der Waals surface area contributed by atoms with Crippen LogP contribution in [0.1, 0.15) is 31.4 Å². The molecular formula is C12H20N2O2S. The molecule has 1 N–H and O–H groups in total. The smallest absolute Gasteiger partial charge is 0.147 e. The lowest BCUT2D eigenvalue weighted by Gasteiger charge is -2.17. The van der Waals surface area contributed by atoms with Crippen LogP contribution in [0.25, 0.3) is 0 Å². The fourth-order valence-electron chi connectivity index (χ4n) is 1.78. The number of hydrogen-bond acceptors (Lipinski definition) is 4. The van der Waals surface area contributed by atoms with Crippen molar-refractivity contribution < 1.29 is 8.42 Å². The zero-order valence-corrected chi connectivity index (χ0v) is 11.2. The van der Waals surface area contributed by atoms with E-state index >= 15 is 0 Å². The maximum Gasteiger partial charge on any atom is 0.147 e. The summed E-state index contributed by atoms with van der Waals surface area (Å²) in [6.45, 7) is 2.91. The first-order valence-electron chi connectivity index (χ1n) is 5.84. The fourth-order valence-corrected chi connectivity index (χ4v) is 2.47. The van der Waals surface area contributed by atoms with Crippen molar-refractivity contribution in [3.8, 4) is 0 Å². The molecule has 1 heterocycles. The third-order valence-electron chi connectivity index (χ3n) is 2.57. The second-order valence-corrected chi connectivity index (χ2v) is 6.42. The highest BCUT2D eigenvalue weighted by Gasteiger charge is 2.11. The Morgan fingerprint density at radius 1 is 1.35 bits per heavy atom. The van der Waals surface area contributed by atoms with Crippen LogP contribution in [0.3, 0.4) is 0 Å². The second-order valence-electron chi connectivity index (χ2n) is 4.16. The average molecular weight is 256 g/mol. The molecule has 0 aliphatic rings. The van der Waals surface area contributed by atoms with Crippen LogP contribution in [-0.2, 0) is 9.84 Å². The molecule has 0 aromatic carbocycles.